The summed E-state index contributed by atoms with van der Waals surface area (Å²) in [4.78, 5) is 4.86. The van der Waals surface area contributed by atoms with E-state index in [2.05, 4.69) is 39.1 Å². The first-order chi connectivity index (χ1) is 12.7. The second-order valence-corrected chi connectivity index (χ2v) is 22.5. The first kappa shape index (κ1) is 21.7. The van der Waals surface area contributed by atoms with Crippen molar-refractivity contribution in [2.75, 3.05) is 7.11 Å². The molecule has 2 nitrogen and oxygen atoms in total. The van der Waals surface area contributed by atoms with E-state index in [4.69, 9.17) is 9.72 Å². The van der Waals surface area contributed by atoms with Gasteiger partial charge in [0.2, 0.25) is 0 Å². The zero-order chi connectivity index (χ0) is 18.8. The summed E-state index contributed by atoms with van der Waals surface area (Å²) in [6.45, 7) is 7.02. The number of nitrogens with zero attached hydrogens (tertiary/aromatic N) is 1. The van der Waals surface area contributed by atoms with Gasteiger partial charge in [-0.05, 0) is 0 Å². The molecule has 0 saturated heterocycles. The van der Waals surface area contributed by atoms with Crippen molar-refractivity contribution >= 4 is 32.6 Å². The van der Waals surface area contributed by atoms with Crippen LogP contribution in [0, 0.1) is 0 Å². The quantitative estimate of drug-likeness (QED) is 0.309. The van der Waals surface area contributed by atoms with Gasteiger partial charge < -0.3 is 0 Å². The molecule has 0 fully saturated rings. The monoisotopic (exact) mass is 481 g/mol. The molecule has 1 heterocycles. The van der Waals surface area contributed by atoms with E-state index in [1.165, 1.54) is 62.4 Å². The van der Waals surface area contributed by atoms with E-state index in [0.717, 1.165) is 5.75 Å². The third-order valence-electron chi connectivity index (χ3n) is 5.39. The van der Waals surface area contributed by atoms with Crippen LogP contribution < -0.4 is 7.63 Å². The predicted molar refractivity (Wildman–Crippen MR) is 119 cm³/mol. The van der Waals surface area contributed by atoms with Crippen molar-refractivity contribution in [2.24, 2.45) is 0 Å². The molecule has 2 aromatic rings. The van der Waals surface area contributed by atoms with Crippen molar-refractivity contribution in [2.45, 2.75) is 72.6 Å². The third-order valence-corrected chi connectivity index (χ3v) is 24.6. The number of unbranched alkanes of at least 4 members (excludes halogenated alkanes) is 3. The molecule has 1 aromatic carbocycles. The van der Waals surface area contributed by atoms with E-state index < -0.39 is 18.4 Å². The summed E-state index contributed by atoms with van der Waals surface area (Å²) >= 11 is -0.333. The number of methoxy groups -OCH3 is 1. The second-order valence-electron chi connectivity index (χ2n) is 7.35. The fourth-order valence-electron chi connectivity index (χ4n) is 3.68. The molecule has 0 atom stereocenters. The zero-order valence-electron chi connectivity index (χ0n) is 17.0. The van der Waals surface area contributed by atoms with Crippen molar-refractivity contribution in [1.82, 2.24) is 4.98 Å². The van der Waals surface area contributed by atoms with E-state index in [-0.39, 0.29) is 0 Å². The van der Waals surface area contributed by atoms with Crippen molar-refractivity contribution in [1.29, 1.82) is 0 Å². The number of benzene rings is 1. The van der Waals surface area contributed by atoms with Crippen LogP contribution in [-0.2, 0) is 0 Å². The number of rotatable bonds is 12. The fourth-order valence-corrected chi connectivity index (χ4v) is 23.3. The maximum absolute atomic E-state index is 5.29. The summed E-state index contributed by atoms with van der Waals surface area (Å²) in [7, 11) is 1.72. The Morgan fingerprint density at radius 1 is 0.885 bits per heavy atom. The molecule has 0 spiro atoms. The van der Waals surface area contributed by atoms with Crippen molar-refractivity contribution < 1.29 is 4.74 Å². The van der Waals surface area contributed by atoms with Gasteiger partial charge in [-0.25, -0.2) is 0 Å². The van der Waals surface area contributed by atoms with Gasteiger partial charge in [-0.1, -0.05) is 0 Å². The van der Waals surface area contributed by atoms with Crippen LogP contribution in [0.1, 0.15) is 59.3 Å². The zero-order valence-corrected chi connectivity index (χ0v) is 20.7. The summed E-state index contributed by atoms with van der Waals surface area (Å²) in [5.41, 5.74) is 1.23. The third kappa shape index (κ3) is 5.72. The van der Waals surface area contributed by atoms with Gasteiger partial charge in [0, 0.05) is 0 Å². The van der Waals surface area contributed by atoms with Crippen molar-refractivity contribution in [3.05, 3.63) is 30.5 Å². The van der Waals surface area contributed by atoms with Crippen molar-refractivity contribution in [3.63, 3.8) is 0 Å². The van der Waals surface area contributed by atoms with Crippen LogP contribution in [-0.4, -0.2) is 30.5 Å². The Balaban J connectivity index is 2.31. The summed E-state index contributed by atoms with van der Waals surface area (Å²) < 4.78 is 11.5. The van der Waals surface area contributed by atoms with E-state index in [9.17, 15) is 0 Å². The summed E-state index contributed by atoms with van der Waals surface area (Å²) in [6, 6.07) is 8.36. The first-order valence-corrected chi connectivity index (χ1v) is 18.6. The molecule has 0 aliphatic heterocycles. The van der Waals surface area contributed by atoms with E-state index >= 15 is 0 Å². The number of hydrogen-bond donors (Lipinski definition) is 0. The SMILES string of the molecule is CCC[CH2][Sn]([CH2]CCC)([CH2]CCC)[c]1cnc(-c2ccc(OC)cc2)s1. The maximum atomic E-state index is 5.29. The Kier molecular flexibility index (Phi) is 9.47. The normalized spacial score (nSPS) is 11.7. The molecule has 0 bridgehead atoms. The Hall–Kier alpha value is -0.551. The van der Waals surface area contributed by atoms with Crippen LogP contribution in [0.25, 0.3) is 10.6 Å². The molecule has 0 aliphatic rings. The molecule has 144 valence electrons. The van der Waals surface area contributed by atoms with Crippen molar-refractivity contribution in [3.8, 4) is 16.3 Å². The standard InChI is InChI=1S/C10H8NOS.3C4H9.Sn/c1-12-9-4-2-8(3-5-9)10-11-6-7-13-10;3*1-3-4-2;/h2-6H,1H3;3*1,3-4H2,2H3;. The van der Waals surface area contributed by atoms with Crippen LogP contribution >= 0.6 is 11.3 Å². The Labute approximate surface area is 168 Å². The average Bonchev–Trinajstić information content (AvgIpc) is 3.18. The predicted octanol–water partition coefficient (Wildman–Crippen LogP) is 6.87. The summed E-state index contributed by atoms with van der Waals surface area (Å²) in [6.07, 6.45) is 10.4. The second kappa shape index (κ2) is 11.3. The number of thiazole rings is 1. The Morgan fingerprint density at radius 2 is 1.42 bits per heavy atom. The van der Waals surface area contributed by atoms with E-state index in [0.29, 0.717) is 0 Å². The van der Waals surface area contributed by atoms with Crippen LogP contribution in [0.15, 0.2) is 30.5 Å². The topological polar surface area (TPSA) is 22.1 Å². The molecule has 26 heavy (non-hydrogen) atoms. The average molecular weight is 480 g/mol. The van der Waals surface area contributed by atoms with Gasteiger partial charge in [-0.2, -0.15) is 0 Å². The van der Waals surface area contributed by atoms with Crippen LogP contribution in [0.2, 0.25) is 13.3 Å². The number of aromatic nitrogens is 1. The van der Waals surface area contributed by atoms with E-state index in [1.807, 2.05) is 23.5 Å². The molecule has 4 heteroatoms. The number of hydrogen-bond acceptors (Lipinski definition) is 3. The molecule has 2 rings (SSSR count). The minimum atomic E-state index is -2.33. The van der Waals surface area contributed by atoms with Gasteiger partial charge in [-0.15, -0.1) is 0 Å². The van der Waals surface area contributed by atoms with Gasteiger partial charge in [0.15, 0.2) is 0 Å². The molecule has 0 aliphatic carbocycles. The van der Waals surface area contributed by atoms with Gasteiger partial charge >= 0.3 is 169 Å². The Bertz CT molecular complexity index is 616. The van der Waals surface area contributed by atoms with Gasteiger partial charge in [-0.3, -0.25) is 0 Å². The summed E-state index contributed by atoms with van der Waals surface area (Å²) in [5, 5.41) is 1.19. The Morgan fingerprint density at radius 3 is 1.88 bits per heavy atom. The molecule has 0 saturated carbocycles. The van der Waals surface area contributed by atoms with Crippen LogP contribution in [0.4, 0.5) is 0 Å². The first-order valence-electron chi connectivity index (χ1n) is 10.3. The molecule has 0 N–H and O–H groups in total. The minimum absolute atomic E-state index is 0.910. The molecule has 0 unspecified atom stereocenters. The van der Waals surface area contributed by atoms with Gasteiger partial charge in [0.25, 0.3) is 0 Å². The fraction of sp³-hybridized carbons (Fsp3) is 0.591. The van der Waals surface area contributed by atoms with E-state index in [1.54, 1.807) is 10.0 Å². The van der Waals surface area contributed by atoms with Gasteiger partial charge in [0.1, 0.15) is 0 Å². The molecule has 0 radical (unpaired) electrons. The summed E-state index contributed by atoms with van der Waals surface area (Å²) in [5.74, 6) is 0.910. The molecule has 1 aromatic heterocycles. The van der Waals surface area contributed by atoms with Crippen LogP contribution in [0.3, 0.4) is 0 Å². The van der Waals surface area contributed by atoms with Crippen LogP contribution in [0.5, 0.6) is 5.75 Å². The molecular weight excluding hydrogens is 445 g/mol. The molecule has 0 amide bonds. The number of ether oxygens (including phenoxy) is 1. The van der Waals surface area contributed by atoms with Gasteiger partial charge in [0.05, 0.1) is 0 Å². The molecular formula is C22H35NOSSn.